The maximum absolute atomic E-state index is 12.3. The molecule has 19 heavy (non-hydrogen) atoms. The van der Waals surface area contributed by atoms with Crippen LogP contribution in [0.5, 0.6) is 0 Å². The van der Waals surface area contributed by atoms with Crippen molar-refractivity contribution in [3.63, 3.8) is 0 Å². The van der Waals surface area contributed by atoms with Gasteiger partial charge in [-0.1, -0.05) is 12.1 Å². The number of rotatable bonds is 4. The van der Waals surface area contributed by atoms with Crippen molar-refractivity contribution in [3.05, 3.63) is 46.3 Å². The molecule has 0 bridgehead atoms. The van der Waals surface area contributed by atoms with Gasteiger partial charge in [-0.2, -0.15) is 0 Å². The van der Waals surface area contributed by atoms with E-state index in [1.54, 1.807) is 11.4 Å². The molecule has 0 fully saturated rings. The molecule has 3 N–H and O–H groups in total. The van der Waals surface area contributed by atoms with Gasteiger partial charge in [0.05, 0.1) is 5.69 Å². The topological polar surface area (TPSA) is 72.2 Å². The minimum Gasteiger partial charge on any atom is -0.326 e. The Morgan fingerprint density at radius 3 is 2.63 bits per heavy atom. The molecule has 102 valence electrons. The third-order valence-electron chi connectivity index (χ3n) is 2.77. The predicted octanol–water partition coefficient (Wildman–Crippen LogP) is 2.62. The summed E-state index contributed by atoms with van der Waals surface area (Å²) in [5, 5.41) is 1.76. The van der Waals surface area contributed by atoms with Crippen LogP contribution in [0.2, 0.25) is 0 Å². The first-order valence-corrected chi connectivity index (χ1v) is 8.16. The Kier molecular flexibility index (Phi) is 3.93. The first-order valence-electron chi connectivity index (χ1n) is 5.80. The van der Waals surface area contributed by atoms with Gasteiger partial charge in [0, 0.05) is 6.54 Å². The lowest BCUT2D eigenvalue weighted by Crippen LogP contribution is -2.12. The number of nitrogens with two attached hydrogens (primary N) is 1. The number of thiophene rings is 1. The van der Waals surface area contributed by atoms with Gasteiger partial charge < -0.3 is 5.73 Å². The molecule has 0 unspecified atom stereocenters. The van der Waals surface area contributed by atoms with Crippen molar-refractivity contribution in [2.24, 2.45) is 5.73 Å². The summed E-state index contributed by atoms with van der Waals surface area (Å²) in [5.74, 6) is 0. The van der Waals surface area contributed by atoms with E-state index < -0.39 is 10.0 Å². The van der Waals surface area contributed by atoms with E-state index >= 15 is 0 Å². The summed E-state index contributed by atoms with van der Waals surface area (Å²) in [7, 11) is -3.53. The quantitative estimate of drug-likeness (QED) is 0.911. The van der Waals surface area contributed by atoms with E-state index in [-0.39, 0.29) is 4.21 Å². The Hall–Kier alpha value is -1.37. The molecule has 4 nitrogen and oxygen atoms in total. The lowest BCUT2D eigenvalue weighted by Gasteiger charge is -2.10. The van der Waals surface area contributed by atoms with Gasteiger partial charge in [-0.15, -0.1) is 11.3 Å². The number of hydrogen-bond acceptors (Lipinski definition) is 4. The van der Waals surface area contributed by atoms with Crippen LogP contribution in [0.1, 0.15) is 16.7 Å². The van der Waals surface area contributed by atoms with Crippen LogP contribution in [0.3, 0.4) is 0 Å². The summed E-state index contributed by atoms with van der Waals surface area (Å²) in [4.78, 5) is 0. The minimum atomic E-state index is -3.53. The van der Waals surface area contributed by atoms with E-state index in [1.165, 1.54) is 11.3 Å². The Morgan fingerprint density at radius 2 is 2.00 bits per heavy atom. The van der Waals surface area contributed by atoms with Crippen molar-refractivity contribution in [3.8, 4) is 0 Å². The third kappa shape index (κ3) is 3.15. The van der Waals surface area contributed by atoms with Crippen LogP contribution in [-0.4, -0.2) is 8.42 Å². The van der Waals surface area contributed by atoms with Crippen LogP contribution in [0, 0.1) is 13.8 Å². The molecular weight excluding hydrogens is 280 g/mol. The Labute approximate surface area is 117 Å². The fraction of sp³-hybridized carbons (Fsp3) is 0.231. The van der Waals surface area contributed by atoms with E-state index in [1.807, 2.05) is 32.0 Å². The van der Waals surface area contributed by atoms with E-state index in [9.17, 15) is 8.42 Å². The molecule has 1 heterocycles. The molecule has 0 saturated heterocycles. The molecule has 0 saturated carbocycles. The van der Waals surface area contributed by atoms with Gasteiger partial charge in [-0.3, -0.25) is 4.72 Å². The van der Waals surface area contributed by atoms with Gasteiger partial charge in [0.2, 0.25) is 0 Å². The standard InChI is InChI=1S/C13H16N2O2S2/c1-9-3-4-10(2)12(5-9)15-19(16,17)13-6-11(7-14)8-18-13/h3-6,8,15H,7,14H2,1-2H3. The first kappa shape index (κ1) is 14.0. The maximum Gasteiger partial charge on any atom is 0.271 e. The zero-order chi connectivity index (χ0) is 14.0. The van der Waals surface area contributed by atoms with Crippen molar-refractivity contribution in [2.45, 2.75) is 24.6 Å². The highest BCUT2D eigenvalue weighted by Gasteiger charge is 2.17. The maximum atomic E-state index is 12.3. The Balaban J connectivity index is 2.33. The van der Waals surface area contributed by atoms with Gasteiger partial charge in [-0.05, 0) is 48.1 Å². The second-order valence-electron chi connectivity index (χ2n) is 4.40. The molecule has 0 radical (unpaired) electrons. The second kappa shape index (κ2) is 5.32. The Morgan fingerprint density at radius 1 is 1.26 bits per heavy atom. The van der Waals surface area contributed by atoms with E-state index in [0.29, 0.717) is 12.2 Å². The smallest absolute Gasteiger partial charge is 0.271 e. The number of sulfonamides is 1. The summed E-state index contributed by atoms with van der Waals surface area (Å²) in [5.41, 5.74) is 8.84. The molecule has 1 aromatic carbocycles. The van der Waals surface area contributed by atoms with Crippen molar-refractivity contribution in [1.29, 1.82) is 0 Å². The largest absolute Gasteiger partial charge is 0.326 e. The van der Waals surface area contributed by atoms with Crippen molar-refractivity contribution >= 4 is 27.0 Å². The van der Waals surface area contributed by atoms with Crippen LogP contribution >= 0.6 is 11.3 Å². The molecule has 0 aliphatic rings. The highest BCUT2D eigenvalue weighted by atomic mass is 32.2. The number of anilines is 1. The van der Waals surface area contributed by atoms with Gasteiger partial charge in [-0.25, -0.2) is 8.42 Å². The van der Waals surface area contributed by atoms with E-state index in [0.717, 1.165) is 16.7 Å². The van der Waals surface area contributed by atoms with Crippen molar-refractivity contribution in [1.82, 2.24) is 0 Å². The van der Waals surface area contributed by atoms with Gasteiger partial charge in [0.15, 0.2) is 0 Å². The normalized spacial score (nSPS) is 11.5. The molecule has 1 aromatic heterocycles. The molecule has 0 aliphatic heterocycles. The van der Waals surface area contributed by atoms with Crippen LogP contribution in [0.25, 0.3) is 0 Å². The summed E-state index contributed by atoms with van der Waals surface area (Å²) in [6, 6.07) is 7.28. The molecule has 0 atom stereocenters. The van der Waals surface area contributed by atoms with Crippen LogP contribution < -0.4 is 10.5 Å². The monoisotopic (exact) mass is 296 g/mol. The minimum absolute atomic E-state index is 0.286. The second-order valence-corrected chi connectivity index (χ2v) is 7.22. The molecule has 2 aromatic rings. The average molecular weight is 296 g/mol. The molecule has 2 rings (SSSR count). The van der Waals surface area contributed by atoms with E-state index in [4.69, 9.17) is 5.73 Å². The molecule has 0 aliphatic carbocycles. The van der Waals surface area contributed by atoms with Gasteiger partial charge in [0.25, 0.3) is 10.0 Å². The van der Waals surface area contributed by atoms with Crippen molar-refractivity contribution in [2.75, 3.05) is 4.72 Å². The van der Waals surface area contributed by atoms with Crippen LogP contribution in [-0.2, 0) is 16.6 Å². The molecular formula is C13H16N2O2S2. The number of aryl methyl sites for hydroxylation is 2. The number of benzene rings is 1. The summed E-state index contributed by atoms with van der Waals surface area (Å²) < 4.78 is 27.4. The van der Waals surface area contributed by atoms with Gasteiger partial charge in [0.1, 0.15) is 4.21 Å². The van der Waals surface area contributed by atoms with Crippen molar-refractivity contribution < 1.29 is 8.42 Å². The number of hydrogen-bond donors (Lipinski definition) is 2. The van der Waals surface area contributed by atoms with Gasteiger partial charge >= 0.3 is 0 Å². The lowest BCUT2D eigenvalue weighted by molar-refractivity contribution is 0.603. The fourth-order valence-corrected chi connectivity index (χ4v) is 3.99. The average Bonchev–Trinajstić information content (AvgIpc) is 2.83. The SMILES string of the molecule is Cc1ccc(C)c(NS(=O)(=O)c2cc(CN)cs2)c1. The summed E-state index contributed by atoms with van der Waals surface area (Å²) in [6.45, 7) is 4.14. The zero-order valence-corrected chi connectivity index (χ0v) is 12.4. The summed E-state index contributed by atoms with van der Waals surface area (Å²) >= 11 is 1.18. The fourth-order valence-electron chi connectivity index (χ4n) is 1.64. The Bertz CT molecular complexity index is 690. The predicted molar refractivity (Wildman–Crippen MR) is 78.9 cm³/mol. The molecule has 6 heteroatoms. The number of nitrogens with one attached hydrogen (secondary N) is 1. The molecule has 0 amide bonds. The molecule has 0 spiro atoms. The van der Waals surface area contributed by atoms with Crippen LogP contribution in [0.4, 0.5) is 5.69 Å². The summed E-state index contributed by atoms with van der Waals surface area (Å²) in [6.07, 6.45) is 0. The van der Waals surface area contributed by atoms with E-state index in [2.05, 4.69) is 4.72 Å². The first-order chi connectivity index (χ1) is 8.92. The third-order valence-corrected chi connectivity index (χ3v) is 5.62. The zero-order valence-electron chi connectivity index (χ0n) is 10.8. The van der Waals surface area contributed by atoms with Crippen LogP contribution in [0.15, 0.2) is 33.9 Å². The highest BCUT2D eigenvalue weighted by molar-refractivity contribution is 7.94. The lowest BCUT2D eigenvalue weighted by atomic mass is 10.1. The highest BCUT2D eigenvalue weighted by Crippen LogP contribution is 2.25.